The summed E-state index contributed by atoms with van der Waals surface area (Å²) in [6, 6.07) is 4.66. The summed E-state index contributed by atoms with van der Waals surface area (Å²) >= 11 is 0. The number of fused-ring (bicyclic) bond motifs is 1. The summed E-state index contributed by atoms with van der Waals surface area (Å²) in [5.74, 6) is -3.23. The van der Waals surface area contributed by atoms with Crippen molar-refractivity contribution in [2.24, 2.45) is 0 Å². The molecule has 1 atom stereocenters. The predicted molar refractivity (Wildman–Crippen MR) is 116 cm³/mol. The Kier molecular flexibility index (Phi) is 6.66. The Labute approximate surface area is 185 Å². The number of carboxylic acids is 2. The number of benzene rings is 1. The number of carboxylic acid groups (broad SMARTS) is 2. The number of rotatable bonds is 9. The van der Waals surface area contributed by atoms with Crippen LogP contribution in [0.25, 0.3) is 11.2 Å². The van der Waals surface area contributed by atoms with Gasteiger partial charge in [0.1, 0.15) is 17.3 Å². The average molecular weight is 456 g/mol. The summed E-state index contributed by atoms with van der Waals surface area (Å²) in [6.07, 6.45) is -0.640. The highest BCUT2D eigenvalue weighted by Gasteiger charge is 2.21. The van der Waals surface area contributed by atoms with E-state index in [0.29, 0.717) is 5.69 Å². The molecule has 0 spiro atoms. The number of aliphatic carboxylic acids is 2. The van der Waals surface area contributed by atoms with Crippen LogP contribution < -0.4 is 27.7 Å². The van der Waals surface area contributed by atoms with E-state index in [1.807, 2.05) is 0 Å². The molecular formula is C19H20N8O6. The van der Waals surface area contributed by atoms with E-state index >= 15 is 0 Å². The van der Waals surface area contributed by atoms with Crippen LogP contribution in [0.3, 0.4) is 0 Å². The fraction of sp³-hybridized carbons (Fsp3) is 0.211. The first-order chi connectivity index (χ1) is 15.6. The van der Waals surface area contributed by atoms with Crippen molar-refractivity contribution in [2.75, 3.05) is 16.8 Å². The Bertz CT molecular complexity index is 1270. The lowest BCUT2D eigenvalue weighted by molar-refractivity contribution is -0.140. The van der Waals surface area contributed by atoms with Crippen LogP contribution >= 0.6 is 0 Å². The number of aromatic amines is 1. The molecule has 3 rings (SSSR count). The lowest BCUT2D eigenvalue weighted by Crippen LogP contribution is -2.41. The summed E-state index contributed by atoms with van der Waals surface area (Å²) in [7, 11) is 0. The topological polar surface area (TPSA) is 239 Å². The minimum absolute atomic E-state index is 0.0217. The maximum absolute atomic E-state index is 12.3. The van der Waals surface area contributed by atoms with E-state index in [9.17, 15) is 19.2 Å². The summed E-state index contributed by atoms with van der Waals surface area (Å²) in [5.41, 5.74) is 11.9. The molecular weight excluding hydrogens is 436 g/mol. The van der Waals surface area contributed by atoms with E-state index in [2.05, 4.69) is 30.6 Å². The van der Waals surface area contributed by atoms with E-state index in [1.165, 1.54) is 12.1 Å². The first-order valence-corrected chi connectivity index (χ1v) is 9.55. The molecule has 0 aliphatic heterocycles. The van der Waals surface area contributed by atoms with E-state index in [4.69, 9.17) is 21.7 Å². The highest BCUT2D eigenvalue weighted by molar-refractivity contribution is 5.97. The van der Waals surface area contributed by atoms with Gasteiger partial charge in [-0.25, -0.2) is 9.78 Å². The van der Waals surface area contributed by atoms with Crippen molar-refractivity contribution in [1.29, 1.82) is 0 Å². The van der Waals surface area contributed by atoms with Gasteiger partial charge in [-0.2, -0.15) is 9.97 Å². The predicted octanol–water partition coefficient (Wildman–Crippen LogP) is -0.463. The fourth-order valence-corrected chi connectivity index (χ4v) is 2.86. The summed E-state index contributed by atoms with van der Waals surface area (Å²) in [6.45, 7) is 0.0247. The molecule has 0 saturated heterocycles. The minimum atomic E-state index is -1.33. The number of carbonyl (C=O) groups excluding carboxylic acids is 1. The number of H-pyrrole nitrogens is 1. The minimum Gasteiger partial charge on any atom is -0.481 e. The largest absolute Gasteiger partial charge is 0.481 e. The Morgan fingerprint density at radius 1 is 1.06 bits per heavy atom. The molecule has 0 aliphatic rings. The monoisotopic (exact) mass is 456 g/mol. The van der Waals surface area contributed by atoms with E-state index in [0.717, 1.165) is 0 Å². The molecule has 3 aromatic rings. The standard InChI is InChI=1S/C19H20N8O6/c20-14-13-15(27-19(21)25-14)26-17(31)11(23-13)7-22-9-3-1-8(2-4-9)16(30)24-10(18(32)33)5-6-12(28)29/h1-4,10,22H,5-7H2,(H,24,30)(H,28,29)(H,32,33)(H5,20,21,25,26,27,31). The van der Waals surface area contributed by atoms with Gasteiger partial charge >= 0.3 is 11.9 Å². The first kappa shape index (κ1) is 22.9. The molecule has 0 aliphatic carbocycles. The maximum Gasteiger partial charge on any atom is 0.326 e. The van der Waals surface area contributed by atoms with Crippen molar-refractivity contribution >= 4 is 46.5 Å². The second-order valence-corrected chi connectivity index (χ2v) is 6.90. The number of nitrogens with zero attached hydrogens (tertiary/aromatic N) is 3. The number of nitrogens with one attached hydrogen (secondary N) is 3. The number of hydrogen-bond donors (Lipinski definition) is 7. The van der Waals surface area contributed by atoms with Gasteiger partial charge in [0.2, 0.25) is 5.95 Å². The molecule has 0 fully saturated rings. The summed E-state index contributed by atoms with van der Waals surface area (Å²) in [4.78, 5) is 60.8. The van der Waals surface area contributed by atoms with Gasteiger partial charge in [-0.3, -0.25) is 14.4 Å². The van der Waals surface area contributed by atoms with E-state index in [-0.39, 0.29) is 47.2 Å². The molecule has 33 heavy (non-hydrogen) atoms. The fourth-order valence-electron chi connectivity index (χ4n) is 2.86. The SMILES string of the molecule is Nc1nc(N)c2nc(CNc3ccc(C(=O)NC(CCC(=O)O)C(=O)O)cc3)c(=O)[nH]c2n1. The number of nitrogens with two attached hydrogens (primary N) is 2. The van der Waals surface area contributed by atoms with Crippen LogP contribution in [0.15, 0.2) is 29.1 Å². The van der Waals surface area contributed by atoms with Gasteiger partial charge in [-0.15, -0.1) is 0 Å². The Hall–Kier alpha value is -4.75. The highest BCUT2D eigenvalue weighted by atomic mass is 16.4. The number of aromatic nitrogens is 4. The Balaban J connectivity index is 1.66. The number of amides is 1. The molecule has 0 saturated carbocycles. The zero-order valence-corrected chi connectivity index (χ0v) is 17.0. The number of anilines is 3. The number of hydrogen-bond acceptors (Lipinski definition) is 10. The van der Waals surface area contributed by atoms with Crippen LogP contribution in [-0.4, -0.2) is 54.0 Å². The second-order valence-electron chi connectivity index (χ2n) is 6.90. The van der Waals surface area contributed by atoms with Crippen molar-refractivity contribution in [1.82, 2.24) is 25.3 Å². The third-order valence-electron chi connectivity index (χ3n) is 4.53. The number of carbonyl (C=O) groups is 3. The molecule has 14 nitrogen and oxygen atoms in total. The molecule has 0 radical (unpaired) electrons. The van der Waals surface area contributed by atoms with Crippen LogP contribution in [0.2, 0.25) is 0 Å². The van der Waals surface area contributed by atoms with Gasteiger partial charge in [-0.05, 0) is 30.7 Å². The molecule has 1 amide bonds. The Morgan fingerprint density at radius 2 is 1.76 bits per heavy atom. The zero-order chi connectivity index (χ0) is 24.1. The smallest absolute Gasteiger partial charge is 0.326 e. The van der Waals surface area contributed by atoms with Gasteiger partial charge in [-0.1, -0.05) is 0 Å². The molecule has 0 bridgehead atoms. The lowest BCUT2D eigenvalue weighted by Gasteiger charge is -2.14. The molecule has 9 N–H and O–H groups in total. The molecule has 2 aromatic heterocycles. The van der Waals surface area contributed by atoms with Gasteiger partial charge in [0.25, 0.3) is 11.5 Å². The first-order valence-electron chi connectivity index (χ1n) is 9.55. The Morgan fingerprint density at radius 3 is 2.39 bits per heavy atom. The third kappa shape index (κ3) is 5.69. The van der Waals surface area contributed by atoms with Crippen LogP contribution in [0.4, 0.5) is 17.5 Å². The van der Waals surface area contributed by atoms with E-state index in [1.54, 1.807) is 12.1 Å². The second kappa shape index (κ2) is 9.59. The molecule has 1 aromatic carbocycles. The third-order valence-corrected chi connectivity index (χ3v) is 4.53. The lowest BCUT2D eigenvalue weighted by atomic mass is 10.1. The van der Waals surface area contributed by atoms with Crippen molar-refractivity contribution in [3.63, 3.8) is 0 Å². The van der Waals surface area contributed by atoms with Gasteiger partial charge in [0.15, 0.2) is 11.5 Å². The zero-order valence-electron chi connectivity index (χ0n) is 17.0. The van der Waals surface area contributed by atoms with Crippen molar-refractivity contribution in [2.45, 2.75) is 25.4 Å². The van der Waals surface area contributed by atoms with Crippen molar-refractivity contribution < 1.29 is 24.6 Å². The average Bonchev–Trinajstić information content (AvgIpc) is 2.75. The van der Waals surface area contributed by atoms with Crippen LogP contribution in [-0.2, 0) is 16.1 Å². The summed E-state index contributed by atoms with van der Waals surface area (Å²) in [5, 5.41) is 23.1. The number of nitrogen functional groups attached to an aromatic ring is 2. The quantitative estimate of drug-likeness (QED) is 0.216. The molecule has 172 valence electrons. The normalized spacial score (nSPS) is 11.6. The maximum atomic E-state index is 12.3. The van der Waals surface area contributed by atoms with Gasteiger partial charge in [0, 0.05) is 17.7 Å². The van der Waals surface area contributed by atoms with Crippen LogP contribution in [0, 0.1) is 0 Å². The van der Waals surface area contributed by atoms with E-state index < -0.39 is 35.9 Å². The van der Waals surface area contributed by atoms with Crippen molar-refractivity contribution in [3.8, 4) is 0 Å². The van der Waals surface area contributed by atoms with Gasteiger partial charge in [0.05, 0.1) is 6.54 Å². The molecule has 2 heterocycles. The molecule has 1 unspecified atom stereocenters. The molecule has 14 heteroatoms. The van der Waals surface area contributed by atoms with Crippen molar-refractivity contribution in [3.05, 3.63) is 45.9 Å². The van der Waals surface area contributed by atoms with Crippen LogP contribution in [0.5, 0.6) is 0 Å². The van der Waals surface area contributed by atoms with Crippen LogP contribution in [0.1, 0.15) is 28.9 Å². The van der Waals surface area contributed by atoms with Gasteiger partial charge < -0.3 is 37.3 Å². The highest BCUT2D eigenvalue weighted by Crippen LogP contribution is 2.14. The summed E-state index contributed by atoms with van der Waals surface area (Å²) < 4.78 is 0.